The van der Waals surface area contributed by atoms with Crippen molar-refractivity contribution in [3.05, 3.63) is 111 Å². The molecule has 1 heterocycles. The summed E-state index contributed by atoms with van der Waals surface area (Å²) < 4.78 is 40.3. The molecule has 31 heavy (non-hydrogen) atoms. The Hall–Kier alpha value is -3.16. The highest BCUT2D eigenvalue weighted by Crippen LogP contribution is 2.43. The van der Waals surface area contributed by atoms with Gasteiger partial charge in [0.1, 0.15) is 10.7 Å². The Balaban J connectivity index is 1.85. The van der Waals surface area contributed by atoms with Crippen molar-refractivity contribution in [3.63, 3.8) is 0 Å². The van der Waals surface area contributed by atoms with E-state index in [4.69, 9.17) is 11.6 Å². The normalized spacial score (nSPS) is 16.8. The molecular formula is C23H17ClFNO4S. The van der Waals surface area contributed by atoms with E-state index in [2.05, 4.69) is 0 Å². The van der Waals surface area contributed by atoms with Gasteiger partial charge in [-0.05, 0) is 47.5 Å². The van der Waals surface area contributed by atoms with Gasteiger partial charge >= 0.3 is 0 Å². The second-order valence-electron chi connectivity index (χ2n) is 7.04. The van der Waals surface area contributed by atoms with Crippen LogP contribution in [0.3, 0.4) is 0 Å². The molecule has 0 bridgehead atoms. The van der Waals surface area contributed by atoms with Gasteiger partial charge in [-0.3, -0.25) is 4.79 Å². The number of amides is 1. The fraction of sp³-hybridized carbons (Fsp3) is 0.0870. The van der Waals surface area contributed by atoms with Crippen LogP contribution < -0.4 is 0 Å². The number of halogens is 2. The number of rotatable bonds is 5. The predicted octanol–water partition coefficient (Wildman–Crippen LogP) is 4.81. The van der Waals surface area contributed by atoms with Gasteiger partial charge in [0.25, 0.3) is 5.91 Å². The van der Waals surface area contributed by atoms with Crippen LogP contribution in [0.5, 0.6) is 0 Å². The summed E-state index contributed by atoms with van der Waals surface area (Å²) in [5.41, 5.74) is 1.05. The van der Waals surface area contributed by atoms with Gasteiger partial charge in [-0.25, -0.2) is 12.8 Å². The van der Waals surface area contributed by atoms with Gasteiger partial charge < -0.3 is 10.0 Å². The third-order valence-corrected chi connectivity index (χ3v) is 7.19. The van der Waals surface area contributed by atoms with Crippen LogP contribution in [-0.4, -0.2) is 24.3 Å². The molecule has 3 aromatic carbocycles. The first-order valence-electron chi connectivity index (χ1n) is 9.33. The van der Waals surface area contributed by atoms with Crippen molar-refractivity contribution in [1.82, 2.24) is 4.90 Å². The first kappa shape index (κ1) is 21.1. The molecule has 0 fully saturated rings. The van der Waals surface area contributed by atoms with E-state index in [-0.39, 0.29) is 11.4 Å². The highest BCUT2D eigenvalue weighted by molar-refractivity contribution is 7.95. The molecule has 4 rings (SSSR count). The fourth-order valence-electron chi connectivity index (χ4n) is 3.56. The van der Waals surface area contributed by atoms with Crippen molar-refractivity contribution in [2.24, 2.45) is 0 Å². The van der Waals surface area contributed by atoms with E-state index in [0.29, 0.717) is 16.1 Å². The summed E-state index contributed by atoms with van der Waals surface area (Å²) in [6.07, 6.45) is 0. The third kappa shape index (κ3) is 3.94. The van der Waals surface area contributed by atoms with Crippen LogP contribution in [0.2, 0.25) is 5.02 Å². The lowest BCUT2D eigenvalue weighted by Crippen LogP contribution is -2.30. The number of carbonyl (C=O) groups excluding carboxylic acids is 1. The van der Waals surface area contributed by atoms with E-state index in [0.717, 1.165) is 0 Å². The van der Waals surface area contributed by atoms with Gasteiger partial charge in [-0.1, -0.05) is 54.1 Å². The van der Waals surface area contributed by atoms with E-state index < -0.39 is 38.3 Å². The lowest BCUT2D eigenvalue weighted by atomic mass is 10.1. The maximum Gasteiger partial charge on any atom is 0.290 e. The molecule has 1 atom stereocenters. The van der Waals surface area contributed by atoms with Gasteiger partial charge in [0, 0.05) is 11.6 Å². The lowest BCUT2D eigenvalue weighted by molar-refractivity contribution is -0.130. The van der Waals surface area contributed by atoms with Crippen molar-refractivity contribution < 1.29 is 22.7 Å². The number of aliphatic hydroxyl groups excluding tert-OH is 1. The van der Waals surface area contributed by atoms with E-state index in [9.17, 15) is 22.7 Å². The van der Waals surface area contributed by atoms with E-state index >= 15 is 0 Å². The number of benzene rings is 3. The van der Waals surface area contributed by atoms with Crippen LogP contribution in [0.25, 0.3) is 0 Å². The first-order valence-corrected chi connectivity index (χ1v) is 11.2. The largest absolute Gasteiger partial charge is 0.502 e. The quantitative estimate of drug-likeness (QED) is 0.596. The molecule has 0 saturated heterocycles. The van der Waals surface area contributed by atoms with Crippen LogP contribution in [-0.2, 0) is 21.2 Å². The van der Waals surface area contributed by atoms with Crippen LogP contribution in [0.4, 0.5) is 4.39 Å². The molecule has 1 amide bonds. The Bertz CT molecular complexity index is 1260. The number of aliphatic hydroxyl groups is 1. The van der Waals surface area contributed by atoms with Crippen LogP contribution in [0.15, 0.2) is 94.4 Å². The summed E-state index contributed by atoms with van der Waals surface area (Å²) >= 11 is 5.93. The van der Waals surface area contributed by atoms with Crippen molar-refractivity contribution in [2.45, 2.75) is 17.5 Å². The minimum Gasteiger partial charge on any atom is -0.502 e. The summed E-state index contributed by atoms with van der Waals surface area (Å²) in [5, 5.41) is 11.2. The topological polar surface area (TPSA) is 74.7 Å². The fourth-order valence-corrected chi connectivity index (χ4v) is 5.35. The van der Waals surface area contributed by atoms with Gasteiger partial charge in [0.2, 0.25) is 9.84 Å². The Morgan fingerprint density at radius 2 is 1.55 bits per heavy atom. The minimum atomic E-state index is -4.21. The second kappa shape index (κ2) is 8.17. The third-order valence-electron chi connectivity index (χ3n) is 5.05. The molecule has 1 aliphatic heterocycles. The number of nitrogens with zero attached hydrogens (tertiary/aromatic N) is 1. The van der Waals surface area contributed by atoms with E-state index in [1.807, 2.05) is 0 Å². The van der Waals surface area contributed by atoms with Crippen LogP contribution >= 0.6 is 11.6 Å². The average molecular weight is 458 g/mol. The maximum absolute atomic E-state index is 13.5. The van der Waals surface area contributed by atoms with Crippen molar-refractivity contribution in [3.8, 4) is 0 Å². The molecule has 158 valence electrons. The number of hydrogen-bond donors (Lipinski definition) is 1. The molecule has 5 nitrogen and oxygen atoms in total. The summed E-state index contributed by atoms with van der Waals surface area (Å²) in [6.45, 7) is 0.0237. The zero-order valence-electron chi connectivity index (χ0n) is 16.1. The molecule has 0 saturated carbocycles. The van der Waals surface area contributed by atoms with Crippen molar-refractivity contribution in [1.29, 1.82) is 0 Å². The molecule has 1 N–H and O–H groups in total. The molecular weight excluding hydrogens is 441 g/mol. The SMILES string of the molecule is O=C1C(O)=C(S(=O)(=O)c2ccccc2)[C@@H](c2ccc(F)cc2)N1Cc1ccc(Cl)cc1. The van der Waals surface area contributed by atoms with Gasteiger partial charge in [-0.2, -0.15) is 0 Å². The molecule has 1 aliphatic rings. The Morgan fingerprint density at radius 3 is 2.16 bits per heavy atom. The number of carbonyl (C=O) groups is 1. The second-order valence-corrected chi connectivity index (χ2v) is 9.40. The molecule has 8 heteroatoms. The minimum absolute atomic E-state index is 0.0237. The molecule has 0 radical (unpaired) electrons. The smallest absolute Gasteiger partial charge is 0.290 e. The maximum atomic E-state index is 13.5. The Morgan fingerprint density at radius 1 is 0.935 bits per heavy atom. The Labute approximate surface area is 183 Å². The first-order chi connectivity index (χ1) is 14.8. The standard InChI is InChI=1S/C23H17ClFNO4S/c24-17-10-6-15(7-11-17)14-26-20(16-8-12-18(25)13-9-16)22(21(27)23(26)28)31(29,30)19-4-2-1-3-5-19/h1-13,20,27H,14H2/t20-/m1/s1. The molecule has 0 aliphatic carbocycles. The van der Waals surface area contributed by atoms with Crippen LogP contribution in [0, 0.1) is 5.82 Å². The summed E-state index contributed by atoms with van der Waals surface area (Å²) in [6, 6.07) is 18.3. The van der Waals surface area contributed by atoms with E-state index in [1.54, 1.807) is 42.5 Å². The number of sulfone groups is 1. The zero-order valence-corrected chi connectivity index (χ0v) is 17.6. The monoisotopic (exact) mass is 457 g/mol. The zero-order chi connectivity index (χ0) is 22.2. The molecule has 0 unspecified atom stereocenters. The van der Waals surface area contributed by atoms with Gasteiger partial charge in [-0.15, -0.1) is 0 Å². The number of hydrogen-bond acceptors (Lipinski definition) is 4. The highest BCUT2D eigenvalue weighted by atomic mass is 35.5. The molecule has 0 aromatic heterocycles. The summed E-state index contributed by atoms with van der Waals surface area (Å²) in [7, 11) is -4.21. The van der Waals surface area contributed by atoms with Crippen LogP contribution in [0.1, 0.15) is 17.2 Å². The average Bonchev–Trinajstić information content (AvgIpc) is 3.02. The summed E-state index contributed by atoms with van der Waals surface area (Å²) in [4.78, 5) is 13.7. The predicted molar refractivity (Wildman–Crippen MR) is 114 cm³/mol. The molecule has 3 aromatic rings. The van der Waals surface area contributed by atoms with Crippen molar-refractivity contribution in [2.75, 3.05) is 0 Å². The Kier molecular flexibility index (Phi) is 5.56. The van der Waals surface area contributed by atoms with Gasteiger partial charge in [0.05, 0.1) is 10.9 Å². The summed E-state index contributed by atoms with van der Waals surface area (Å²) in [5.74, 6) is -2.16. The van der Waals surface area contributed by atoms with Crippen molar-refractivity contribution >= 4 is 27.3 Å². The molecule has 0 spiro atoms. The highest BCUT2D eigenvalue weighted by Gasteiger charge is 2.46. The van der Waals surface area contributed by atoms with Gasteiger partial charge in [0.15, 0.2) is 5.76 Å². The lowest BCUT2D eigenvalue weighted by Gasteiger charge is -2.27. The van der Waals surface area contributed by atoms with E-state index in [1.165, 1.54) is 41.3 Å².